The lowest BCUT2D eigenvalue weighted by Crippen LogP contribution is -2.73. The van der Waals surface area contributed by atoms with Gasteiger partial charge in [0.1, 0.15) is 0 Å². The van der Waals surface area contributed by atoms with Crippen LogP contribution in [0.1, 0.15) is 26.7 Å². The van der Waals surface area contributed by atoms with Gasteiger partial charge in [0.05, 0.1) is 18.1 Å². The van der Waals surface area contributed by atoms with Gasteiger partial charge in [0.25, 0.3) is 0 Å². The van der Waals surface area contributed by atoms with E-state index >= 15 is 0 Å². The van der Waals surface area contributed by atoms with Crippen molar-refractivity contribution in [1.82, 2.24) is 10.6 Å². The summed E-state index contributed by atoms with van der Waals surface area (Å²) in [4.78, 5) is 10.9. The number of aliphatic carboxylic acids is 1. The SMILES string of the molecule is CC1OCCC1(C)NC1(CC(=O)O)CNC1. The van der Waals surface area contributed by atoms with Gasteiger partial charge < -0.3 is 20.5 Å². The fourth-order valence-corrected chi connectivity index (χ4v) is 2.58. The molecule has 5 heteroatoms. The van der Waals surface area contributed by atoms with Crippen LogP contribution in [0.15, 0.2) is 0 Å². The lowest BCUT2D eigenvalue weighted by Gasteiger charge is -2.48. The van der Waals surface area contributed by atoms with Crippen molar-refractivity contribution in [3.63, 3.8) is 0 Å². The molecule has 0 spiro atoms. The average molecular weight is 228 g/mol. The number of hydrogen-bond acceptors (Lipinski definition) is 4. The molecule has 2 aliphatic rings. The molecule has 2 rings (SSSR count). The Kier molecular flexibility index (Phi) is 2.94. The Balaban J connectivity index is 2.03. The molecule has 0 saturated carbocycles. The normalized spacial score (nSPS) is 37.0. The van der Waals surface area contributed by atoms with Crippen LogP contribution in [-0.4, -0.2) is 48.0 Å². The molecule has 0 aromatic rings. The first-order valence-corrected chi connectivity index (χ1v) is 5.79. The van der Waals surface area contributed by atoms with Crippen LogP contribution in [0, 0.1) is 0 Å². The van der Waals surface area contributed by atoms with Crippen LogP contribution in [0.4, 0.5) is 0 Å². The van der Waals surface area contributed by atoms with Gasteiger partial charge in [0, 0.05) is 25.2 Å². The summed E-state index contributed by atoms with van der Waals surface area (Å²) >= 11 is 0. The van der Waals surface area contributed by atoms with Crippen molar-refractivity contribution in [3.05, 3.63) is 0 Å². The second-order valence-corrected chi connectivity index (χ2v) is 5.26. The number of nitrogens with one attached hydrogen (secondary N) is 2. The van der Waals surface area contributed by atoms with Crippen LogP contribution in [0.5, 0.6) is 0 Å². The average Bonchev–Trinajstić information content (AvgIpc) is 2.43. The van der Waals surface area contributed by atoms with Crippen LogP contribution in [0.2, 0.25) is 0 Å². The van der Waals surface area contributed by atoms with Crippen molar-refractivity contribution in [2.45, 2.75) is 43.9 Å². The van der Waals surface area contributed by atoms with Crippen LogP contribution in [0.25, 0.3) is 0 Å². The third kappa shape index (κ3) is 2.07. The Morgan fingerprint density at radius 2 is 2.31 bits per heavy atom. The van der Waals surface area contributed by atoms with Gasteiger partial charge in [-0.2, -0.15) is 0 Å². The molecule has 0 aromatic heterocycles. The third-order valence-corrected chi connectivity index (χ3v) is 3.85. The molecule has 2 heterocycles. The largest absolute Gasteiger partial charge is 0.481 e. The van der Waals surface area contributed by atoms with Crippen LogP contribution in [-0.2, 0) is 9.53 Å². The molecule has 0 aliphatic carbocycles. The molecule has 3 N–H and O–H groups in total. The zero-order chi connectivity index (χ0) is 11.8. The maximum Gasteiger partial charge on any atom is 0.305 e. The first-order valence-electron chi connectivity index (χ1n) is 5.79. The number of rotatable bonds is 4. The van der Waals surface area contributed by atoms with E-state index in [1.54, 1.807) is 0 Å². The first-order chi connectivity index (χ1) is 7.46. The topological polar surface area (TPSA) is 70.6 Å². The van der Waals surface area contributed by atoms with E-state index < -0.39 is 5.97 Å². The smallest absolute Gasteiger partial charge is 0.305 e. The predicted octanol–water partition coefficient (Wildman–Crippen LogP) is -0.0398. The highest BCUT2D eigenvalue weighted by Crippen LogP contribution is 2.30. The van der Waals surface area contributed by atoms with E-state index in [1.807, 2.05) is 6.92 Å². The molecule has 2 fully saturated rings. The van der Waals surface area contributed by atoms with Crippen LogP contribution < -0.4 is 10.6 Å². The van der Waals surface area contributed by atoms with Crippen molar-refractivity contribution >= 4 is 5.97 Å². The van der Waals surface area contributed by atoms with Crippen molar-refractivity contribution in [1.29, 1.82) is 0 Å². The van der Waals surface area contributed by atoms with Gasteiger partial charge in [-0.1, -0.05) is 0 Å². The lowest BCUT2D eigenvalue weighted by atomic mass is 9.82. The number of carboxylic acids is 1. The second-order valence-electron chi connectivity index (χ2n) is 5.26. The molecule has 2 unspecified atom stereocenters. The maximum atomic E-state index is 10.9. The second kappa shape index (κ2) is 3.98. The molecular weight excluding hydrogens is 208 g/mol. The van der Waals surface area contributed by atoms with E-state index in [0.717, 1.165) is 26.1 Å². The highest BCUT2D eigenvalue weighted by Gasteiger charge is 2.47. The van der Waals surface area contributed by atoms with E-state index in [9.17, 15) is 4.79 Å². The Labute approximate surface area is 95.5 Å². The zero-order valence-corrected chi connectivity index (χ0v) is 9.88. The molecule has 0 radical (unpaired) electrons. The van der Waals surface area contributed by atoms with Crippen molar-refractivity contribution in [2.24, 2.45) is 0 Å². The molecule has 0 amide bonds. The molecule has 92 valence electrons. The Bertz CT molecular complexity index is 291. The minimum absolute atomic E-state index is 0.0997. The van der Waals surface area contributed by atoms with Gasteiger partial charge in [0.15, 0.2) is 0 Å². The minimum Gasteiger partial charge on any atom is -0.481 e. The van der Waals surface area contributed by atoms with Gasteiger partial charge in [-0.25, -0.2) is 0 Å². The van der Waals surface area contributed by atoms with Gasteiger partial charge >= 0.3 is 5.97 Å². The minimum atomic E-state index is -0.746. The summed E-state index contributed by atoms with van der Waals surface area (Å²) in [5.74, 6) is -0.746. The summed E-state index contributed by atoms with van der Waals surface area (Å²) < 4.78 is 5.56. The molecule has 0 bridgehead atoms. The number of carbonyl (C=O) groups is 1. The highest BCUT2D eigenvalue weighted by molar-refractivity contribution is 5.69. The zero-order valence-electron chi connectivity index (χ0n) is 9.88. The Morgan fingerprint density at radius 3 is 2.69 bits per heavy atom. The summed E-state index contributed by atoms with van der Waals surface area (Å²) in [6, 6.07) is 0. The van der Waals surface area contributed by atoms with Gasteiger partial charge in [-0.05, 0) is 20.3 Å². The molecule has 16 heavy (non-hydrogen) atoms. The summed E-state index contributed by atoms with van der Waals surface area (Å²) in [6.07, 6.45) is 1.25. The van der Waals surface area contributed by atoms with E-state index in [-0.39, 0.29) is 23.6 Å². The number of ether oxygens (including phenoxy) is 1. The quantitative estimate of drug-likeness (QED) is 0.630. The number of hydrogen-bond donors (Lipinski definition) is 3. The Hall–Kier alpha value is -0.650. The summed E-state index contributed by atoms with van der Waals surface area (Å²) in [5.41, 5.74) is -0.389. The summed E-state index contributed by atoms with van der Waals surface area (Å²) in [7, 11) is 0. The van der Waals surface area contributed by atoms with E-state index in [1.165, 1.54) is 0 Å². The first kappa shape index (κ1) is 11.8. The van der Waals surface area contributed by atoms with Gasteiger partial charge in [-0.3, -0.25) is 4.79 Å². The lowest BCUT2D eigenvalue weighted by molar-refractivity contribution is -0.139. The van der Waals surface area contributed by atoms with E-state index in [4.69, 9.17) is 9.84 Å². The molecule has 5 nitrogen and oxygen atoms in total. The number of carboxylic acid groups (broad SMARTS) is 1. The monoisotopic (exact) mass is 228 g/mol. The van der Waals surface area contributed by atoms with Crippen LogP contribution in [0.3, 0.4) is 0 Å². The van der Waals surface area contributed by atoms with E-state index in [2.05, 4.69) is 17.6 Å². The molecule has 2 saturated heterocycles. The maximum absolute atomic E-state index is 10.9. The van der Waals surface area contributed by atoms with Gasteiger partial charge in [0.2, 0.25) is 0 Å². The fourth-order valence-electron chi connectivity index (χ4n) is 2.58. The molecular formula is C11H20N2O3. The van der Waals surface area contributed by atoms with E-state index in [0.29, 0.717) is 0 Å². The highest BCUT2D eigenvalue weighted by atomic mass is 16.5. The standard InChI is InChI=1S/C11H20N2O3/c1-8-10(2,3-4-16-8)13-11(5-9(14)15)6-12-7-11/h8,12-13H,3-7H2,1-2H3,(H,14,15). The fraction of sp³-hybridized carbons (Fsp3) is 0.909. The van der Waals surface area contributed by atoms with Crippen molar-refractivity contribution < 1.29 is 14.6 Å². The molecule has 0 aromatic carbocycles. The summed E-state index contributed by atoms with van der Waals surface area (Å²) in [5, 5.41) is 15.6. The Morgan fingerprint density at radius 1 is 1.62 bits per heavy atom. The van der Waals surface area contributed by atoms with Crippen molar-refractivity contribution in [3.8, 4) is 0 Å². The molecule has 2 aliphatic heterocycles. The van der Waals surface area contributed by atoms with Crippen molar-refractivity contribution in [2.75, 3.05) is 19.7 Å². The van der Waals surface area contributed by atoms with Gasteiger partial charge in [-0.15, -0.1) is 0 Å². The van der Waals surface area contributed by atoms with Crippen LogP contribution >= 0.6 is 0 Å². The predicted molar refractivity (Wildman–Crippen MR) is 59.4 cm³/mol. The molecule has 2 atom stereocenters. The summed E-state index contributed by atoms with van der Waals surface area (Å²) in [6.45, 7) is 6.36. The third-order valence-electron chi connectivity index (χ3n) is 3.85.